The number of benzene rings is 3. The number of rotatable bonds is 6. The van der Waals surface area contributed by atoms with Crippen molar-refractivity contribution in [2.75, 3.05) is 19.5 Å². The van der Waals surface area contributed by atoms with E-state index in [1.807, 2.05) is 30.3 Å². The van der Waals surface area contributed by atoms with Gasteiger partial charge in [-0.05, 0) is 35.9 Å². The monoisotopic (exact) mass is 464 g/mol. The SMILES string of the molecule is COC(=O)c1cc(N[C@@H]2c3ccccc3C(=O)N2Cc2ccccc2Cl)cc(C(=O)OC)c1. The van der Waals surface area contributed by atoms with Gasteiger partial charge in [-0.1, -0.05) is 48.0 Å². The minimum atomic E-state index is -0.598. The predicted molar refractivity (Wildman–Crippen MR) is 123 cm³/mol. The summed E-state index contributed by atoms with van der Waals surface area (Å²) in [6.07, 6.45) is -0.552. The Morgan fingerprint density at radius 3 is 2.18 bits per heavy atom. The predicted octanol–water partition coefficient (Wildman–Crippen LogP) is 4.68. The van der Waals surface area contributed by atoms with Gasteiger partial charge in [-0.25, -0.2) is 9.59 Å². The van der Waals surface area contributed by atoms with Crippen molar-refractivity contribution in [1.82, 2.24) is 4.90 Å². The van der Waals surface area contributed by atoms with Crippen LogP contribution in [0.5, 0.6) is 0 Å². The Labute approximate surface area is 195 Å². The topological polar surface area (TPSA) is 84.9 Å². The van der Waals surface area contributed by atoms with Crippen molar-refractivity contribution in [3.63, 3.8) is 0 Å². The fourth-order valence-corrected chi connectivity index (χ4v) is 4.03. The van der Waals surface area contributed by atoms with Crippen molar-refractivity contribution < 1.29 is 23.9 Å². The molecule has 1 aliphatic heterocycles. The molecule has 3 aromatic carbocycles. The number of ether oxygens (including phenoxy) is 2. The minimum absolute atomic E-state index is 0.152. The quantitative estimate of drug-likeness (QED) is 0.533. The molecule has 1 atom stereocenters. The summed E-state index contributed by atoms with van der Waals surface area (Å²) in [6, 6.07) is 19.1. The third-order valence-corrected chi connectivity index (χ3v) is 5.80. The lowest BCUT2D eigenvalue weighted by molar-refractivity contribution is 0.0598. The largest absolute Gasteiger partial charge is 0.465 e. The number of carbonyl (C=O) groups excluding carboxylic acids is 3. The summed E-state index contributed by atoms with van der Waals surface area (Å²) in [6.45, 7) is 0.269. The minimum Gasteiger partial charge on any atom is -0.465 e. The fourth-order valence-electron chi connectivity index (χ4n) is 3.84. The van der Waals surface area contributed by atoms with Gasteiger partial charge < -0.3 is 19.7 Å². The van der Waals surface area contributed by atoms with E-state index in [1.54, 1.807) is 35.2 Å². The van der Waals surface area contributed by atoms with Crippen molar-refractivity contribution >= 4 is 35.1 Å². The van der Waals surface area contributed by atoms with Gasteiger partial charge in [0.1, 0.15) is 6.17 Å². The van der Waals surface area contributed by atoms with Crippen LogP contribution in [0.3, 0.4) is 0 Å². The lowest BCUT2D eigenvalue weighted by Crippen LogP contribution is -2.32. The van der Waals surface area contributed by atoms with E-state index in [2.05, 4.69) is 5.32 Å². The van der Waals surface area contributed by atoms with Crippen molar-refractivity contribution in [3.8, 4) is 0 Å². The van der Waals surface area contributed by atoms with Gasteiger partial charge in [0.25, 0.3) is 5.91 Å². The molecule has 0 unspecified atom stereocenters. The number of hydrogen-bond donors (Lipinski definition) is 1. The first-order valence-corrected chi connectivity index (χ1v) is 10.5. The second kappa shape index (κ2) is 9.34. The van der Waals surface area contributed by atoms with Crippen LogP contribution in [0.1, 0.15) is 48.4 Å². The van der Waals surface area contributed by atoms with Gasteiger partial charge in [0, 0.05) is 28.4 Å². The van der Waals surface area contributed by atoms with Crippen LogP contribution in [0.2, 0.25) is 5.02 Å². The van der Waals surface area contributed by atoms with Crippen molar-refractivity contribution in [1.29, 1.82) is 0 Å². The molecule has 1 aliphatic rings. The fraction of sp³-hybridized carbons (Fsp3) is 0.160. The highest BCUT2D eigenvalue weighted by Crippen LogP contribution is 2.36. The molecular weight excluding hydrogens is 444 g/mol. The molecule has 3 aromatic rings. The van der Waals surface area contributed by atoms with Gasteiger partial charge in [0.2, 0.25) is 0 Å². The molecule has 1 amide bonds. The van der Waals surface area contributed by atoms with E-state index < -0.39 is 18.1 Å². The first-order chi connectivity index (χ1) is 15.9. The molecule has 33 heavy (non-hydrogen) atoms. The molecule has 0 spiro atoms. The van der Waals surface area contributed by atoms with Crippen LogP contribution in [0.25, 0.3) is 0 Å². The molecule has 0 fully saturated rings. The lowest BCUT2D eigenvalue weighted by Gasteiger charge is -2.28. The van der Waals surface area contributed by atoms with Crippen LogP contribution in [0.15, 0.2) is 66.7 Å². The molecule has 1 N–H and O–H groups in total. The third kappa shape index (κ3) is 4.40. The highest BCUT2D eigenvalue weighted by atomic mass is 35.5. The normalized spacial score (nSPS) is 14.6. The molecule has 0 saturated carbocycles. The van der Waals surface area contributed by atoms with E-state index in [0.717, 1.165) is 11.1 Å². The molecule has 7 nitrogen and oxygen atoms in total. The number of nitrogens with zero attached hydrogens (tertiary/aromatic N) is 1. The Kier molecular flexibility index (Phi) is 6.33. The average molecular weight is 465 g/mol. The summed E-state index contributed by atoms with van der Waals surface area (Å²) in [5.41, 5.74) is 2.95. The number of esters is 2. The maximum absolute atomic E-state index is 13.3. The smallest absolute Gasteiger partial charge is 0.337 e. The van der Waals surface area contributed by atoms with Gasteiger partial charge in [-0.2, -0.15) is 0 Å². The van der Waals surface area contributed by atoms with Crippen molar-refractivity contribution in [3.05, 3.63) is 99.6 Å². The van der Waals surface area contributed by atoms with Gasteiger partial charge in [0.15, 0.2) is 0 Å². The van der Waals surface area contributed by atoms with E-state index in [9.17, 15) is 14.4 Å². The number of carbonyl (C=O) groups is 3. The molecule has 1 heterocycles. The van der Waals surface area contributed by atoms with Crippen LogP contribution in [0.4, 0.5) is 5.69 Å². The van der Waals surface area contributed by atoms with Crippen LogP contribution in [-0.4, -0.2) is 37.0 Å². The number of amides is 1. The van der Waals surface area contributed by atoms with Gasteiger partial charge in [0.05, 0.1) is 25.3 Å². The number of hydrogen-bond acceptors (Lipinski definition) is 6. The summed E-state index contributed by atoms with van der Waals surface area (Å²) in [5.74, 6) is -1.35. The zero-order valence-electron chi connectivity index (χ0n) is 18.0. The van der Waals surface area contributed by atoms with Crippen LogP contribution in [0, 0.1) is 0 Å². The molecule has 8 heteroatoms. The van der Waals surface area contributed by atoms with Crippen molar-refractivity contribution in [2.24, 2.45) is 0 Å². The molecule has 0 aromatic heterocycles. The second-order valence-electron chi connectivity index (χ2n) is 7.44. The molecule has 0 saturated heterocycles. The van der Waals surface area contributed by atoms with Gasteiger partial charge >= 0.3 is 11.9 Å². The van der Waals surface area contributed by atoms with Gasteiger partial charge in [-0.3, -0.25) is 4.79 Å². The second-order valence-corrected chi connectivity index (χ2v) is 7.85. The lowest BCUT2D eigenvalue weighted by atomic mass is 10.1. The Hall–Kier alpha value is -3.84. The first kappa shape index (κ1) is 22.4. The molecule has 168 valence electrons. The maximum Gasteiger partial charge on any atom is 0.337 e. The van der Waals surface area contributed by atoms with Crippen molar-refractivity contribution in [2.45, 2.75) is 12.7 Å². The Morgan fingerprint density at radius 1 is 0.939 bits per heavy atom. The van der Waals surface area contributed by atoms with E-state index >= 15 is 0 Å². The van der Waals surface area contributed by atoms with Crippen LogP contribution < -0.4 is 5.32 Å². The standard InChI is InChI=1S/C25H21ClN2O5/c1-32-24(30)16-11-17(25(31)33-2)13-18(12-16)27-22-19-8-4-5-9-20(19)23(29)28(22)14-15-7-3-6-10-21(15)26/h3-13,22,27H,14H2,1-2H3/t22-/m0/s1. The van der Waals surface area contributed by atoms with E-state index in [-0.39, 0.29) is 23.6 Å². The highest BCUT2D eigenvalue weighted by molar-refractivity contribution is 6.31. The zero-order valence-corrected chi connectivity index (χ0v) is 18.8. The summed E-state index contributed by atoms with van der Waals surface area (Å²) in [5, 5.41) is 3.86. The van der Waals surface area contributed by atoms with E-state index in [0.29, 0.717) is 16.3 Å². The maximum atomic E-state index is 13.3. The van der Waals surface area contributed by atoms with Gasteiger partial charge in [-0.15, -0.1) is 0 Å². The average Bonchev–Trinajstić information content (AvgIpc) is 3.10. The summed E-state index contributed by atoms with van der Waals surface area (Å²) in [4.78, 5) is 39.3. The molecule has 0 aliphatic carbocycles. The molecule has 4 rings (SSSR count). The van der Waals surface area contributed by atoms with Crippen LogP contribution in [-0.2, 0) is 16.0 Å². The Balaban J connectivity index is 1.75. The number of fused-ring (bicyclic) bond motifs is 1. The van der Waals surface area contributed by atoms with E-state index in [4.69, 9.17) is 21.1 Å². The summed E-state index contributed by atoms with van der Waals surface area (Å²) < 4.78 is 9.64. The van der Waals surface area contributed by atoms with E-state index in [1.165, 1.54) is 20.3 Å². The zero-order chi connectivity index (χ0) is 23.5. The summed E-state index contributed by atoms with van der Waals surface area (Å²) >= 11 is 6.35. The Morgan fingerprint density at radius 2 is 1.55 bits per heavy atom. The number of anilines is 1. The van der Waals surface area contributed by atoms with Crippen LogP contribution >= 0.6 is 11.6 Å². The number of halogens is 1. The Bertz CT molecular complexity index is 1210. The molecule has 0 radical (unpaired) electrons. The first-order valence-electron chi connectivity index (χ1n) is 10.1. The molecule has 0 bridgehead atoms. The number of methoxy groups -OCH3 is 2. The molecular formula is C25H21ClN2O5. The highest BCUT2D eigenvalue weighted by Gasteiger charge is 2.37. The summed E-state index contributed by atoms with van der Waals surface area (Å²) in [7, 11) is 2.52. The number of nitrogens with one attached hydrogen (secondary N) is 1. The third-order valence-electron chi connectivity index (χ3n) is 5.44.